The Kier molecular flexibility index (Phi) is 4.24. The first kappa shape index (κ1) is 16.4. The molecule has 3 atom stereocenters. The quantitative estimate of drug-likeness (QED) is 0.344. The fourth-order valence-electron chi connectivity index (χ4n) is 3.05. The van der Waals surface area contributed by atoms with Crippen LogP contribution >= 0.6 is 0 Å². The Morgan fingerprint density at radius 1 is 1.41 bits per heavy atom. The molecule has 2 fully saturated rings. The number of piperidine rings is 1. The van der Waals surface area contributed by atoms with Gasteiger partial charge >= 0.3 is 12.1 Å². The van der Waals surface area contributed by atoms with E-state index >= 15 is 0 Å². The standard InChI is InChI=1S/C14H22N4O4/c1-5-21-11(19)9-6-14(8-16-17-15)7-10(14)18(9)12(20)22-13(2,3)4/h9-10H,5-8H2,1-4H3/t9-,10-,14+/m0/s1. The summed E-state index contributed by atoms with van der Waals surface area (Å²) in [5, 5.41) is 3.63. The number of esters is 1. The Morgan fingerprint density at radius 3 is 2.64 bits per heavy atom. The van der Waals surface area contributed by atoms with Gasteiger partial charge in [0.25, 0.3) is 0 Å². The van der Waals surface area contributed by atoms with Crippen LogP contribution in [0.4, 0.5) is 4.79 Å². The maximum atomic E-state index is 12.4. The second kappa shape index (κ2) is 5.68. The number of rotatable bonds is 4. The predicted molar refractivity (Wildman–Crippen MR) is 78.0 cm³/mol. The van der Waals surface area contributed by atoms with E-state index in [0.717, 1.165) is 6.42 Å². The summed E-state index contributed by atoms with van der Waals surface area (Å²) in [7, 11) is 0. The van der Waals surface area contributed by atoms with Crippen LogP contribution in [0, 0.1) is 5.41 Å². The number of azide groups is 1. The van der Waals surface area contributed by atoms with Crippen LogP contribution < -0.4 is 0 Å². The third-order valence-electron chi connectivity index (χ3n) is 4.03. The van der Waals surface area contributed by atoms with Gasteiger partial charge in [-0.3, -0.25) is 4.90 Å². The molecule has 0 N–H and O–H groups in total. The third-order valence-corrected chi connectivity index (χ3v) is 4.03. The van der Waals surface area contributed by atoms with Crippen LogP contribution in [0.25, 0.3) is 10.4 Å². The molecule has 1 saturated carbocycles. The van der Waals surface area contributed by atoms with Gasteiger partial charge in [0.15, 0.2) is 0 Å². The molecule has 0 aromatic carbocycles. The average Bonchev–Trinajstić information content (AvgIpc) is 2.99. The number of carbonyl (C=O) groups is 2. The lowest BCUT2D eigenvalue weighted by Crippen LogP contribution is -2.46. The summed E-state index contributed by atoms with van der Waals surface area (Å²) in [5.41, 5.74) is 7.57. The van der Waals surface area contributed by atoms with Crippen LogP contribution in [0.15, 0.2) is 5.11 Å². The number of likely N-dealkylation sites (tertiary alicyclic amines) is 1. The molecule has 22 heavy (non-hydrogen) atoms. The number of carbonyl (C=O) groups excluding carboxylic acids is 2. The molecule has 8 nitrogen and oxygen atoms in total. The second-order valence-corrected chi connectivity index (χ2v) is 6.83. The zero-order chi connectivity index (χ0) is 16.5. The van der Waals surface area contributed by atoms with Crippen LogP contribution in [0.1, 0.15) is 40.5 Å². The van der Waals surface area contributed by atoms with E-state index in [-0.39, 0.29) is 24.6 Å². The highest BCUT2D eigenvalue weighted by Crippen LogP contribution is 2.60. The number of ether oxygens (including phenoxy) is 2. The van der Waals surface area contributed by atoms with E-state index in [0.29, 0.717) is 6.42 Å². The molecule has 0 bridgehead atoms. The monoisotopic (exact) mass is 310 g/mol. The Hall–Kier alpha value is -1.95. The number of hydrogen-bond donors (Lipinski definition) is 0. The van der Waals surface area contributed by atoms with Crippen LogP contribution in [-0.4, -0.2) is 47.8 Å². The van der Waals surface area contributed by atoms with Crippen molar-refractivity contribution in [3.8, 4) is 0 Å². The molecule has 122 valence electrons. The molecule has 2 rings (SSSR count). The molecule has 0 radical (unpaired) electrons. The largest absolute Gasteiger partial charge is 0.464 e. The normalized spacial score (nSPS) is 29.4. The highest BCUT2D eigenvalue weighted by molar-refractivity contribution is 5.83. The predicted octanol–water partition coefficient (Wildman–Crippen LogP) is 2.63. The third kappa shape index (κ3) is 3.11. The maximum Gasteiger partial charge on any atom is 0.411 e. The van der Waals surface area contributed by atoms with Crippen LogP contribution in [0.3, 0.4) is 0 Å². The van der Waals surface area contributed by atoms with E-state index in [1.165, 1.54) is 4.90 Å². The van der Waals surface area contributed by atoms with E-state index in [1.54, 1.807) is 27.7 Å². The second-order valence-electron chi connectivity index (χ2n) is 6.83. The molecule has 1 heterocycles. The van der Waals surface area contributed by atoms with E-state index in [9.17, 15) is 9.59 Å². The van der Waals surface area contributed by atoms with Gasteiger partial charge in [0.05, 0.1) is 6.61 Å². The average molecular weight is 310 g/mol. The van der Waals surface area contributed by atoms with Gasteiger partial charge in [0.1, 0.15) is 11.6 Å². The van der Waals surface area contributed by atoms with Crippen molar-refractivity contribution < 1.29 is 19.1 Å². The van der Waals surface area contributed by atoms with Crippen molar-refractivity contribution >= 4 is 12.1 Å². The van der Waals surface area contributed by atoms with Gasteiger partial charge in [-0.05, 0) is 46.1 Å². The van der Waals surface area contributed by atoms with Crippen molar-refractivity contribution in [2.24, 2.45) is 10.5 Å². The van der Waals surface area contributed by atoms with E-state index in [4.69, 9.17) is 15.0 Å². The van der Waals surface area contributed by atoms with Crippen molar-refractivity contribution in [2.75, 3.05) is 13.2 Å². The minimum Gasteiger partial charge on any atom is -0.464 e. The molecule has 2 aliphatic rings. The molecule has 0 aromatic heterocycles. The lowest BCUT2D eigenvalue weighted by molar-refractivity contribution is -0.149. The minimum atomic E-state index is -0.664. The van der Waals surface area contributed by atoms with Crippen LogP contribution in [-0.2, 0) is 14.3 Å². The van der Waals surface area contributed by atoms with Crippen molar-refractivity contribution in [1.82, 2.24) is 4.90 Å². The Balaban J connectivity index is 2.18. The smallest absolute Gasteiger partial charge is 0.411 e. The topological polar surface area (TPSA) is 105 Å². The molecule has 1 saturated heterocycles. The zero-order valence-electron chi connectivity index (χ0n) is 13.4. The molecule has 0 spiro atoms. The molecular weight excluding hydrogens is 288 g/mol. The molecule has 8 heteroatoms. The lowest BCUT2D eigenvalue weighted by atomic mass is 10.00. The SMILES string of the molecule is CCOC(=O)[C@@H]1C[C@]2(CN=[N+]=[N-])C[C@@H]2N1C(=O)OC(C)(C)C. The van der Waals surface area contributed by atoms with E-state index < -0.39 is 23.7 Å². The van der Waals surface area contributed by atoms with Gasteiger partial charge in [-0.1, -0.05) is 5.11 Å². The van der Waals surface area contributed by atoms with Gasteiger partial charge in [-0.25, -0.2) is 9.59 Å². The number of fused-ring (bicyclic) bond motifs is 1. The zero-order valence-corrected chi connectivity index (χ0v) is 13.4. The number of amides is 1. The van der Waals surface area contributed by atoms with E-state index in [1.807, 2.05) is 0 Å². The first-order valence-electron chi connectivity index (χ1n) is 7.43. The highest BCUT2D eigenvalue weighted by atomic mass is 16.6. The van der Waals surface area contributed by atoms with Gasteiger partial charge in [0.2, 0.25) is 0 Å². The van der Waals surface area contributed by atoms with Gasteiger partial charge in [-0.2, -0.15) is 0 Å². The van der Waals surface area contributed by atoms with Crippen molar-refractivity contribution in [2.45, 2.75) is 58.2 Å². The fraction of sp³-hybridized carbons (Fsp3) is 0.857. The van der Waals surface area contributed by atoms with Crippen LogP contribution in [0.2, 0.25) is 0 Å². The molecule has 1 amide bonds. The summed E-state index contributed by atoms with van der Waals surface area (Å²) in [5.74, 6) is -0.430. The maximum absolute atomic E-state index is 12.4. The fourth-order valence-corrected chi connectivity index (χ4v) is 3.05. The molecule has 0 unspecified atom stereocenters. The summed E-state index contributed by atoms with van der Waals surface area (Å²) in [6.45, 7) is 7.59. The molecule has 1 aliphatic carbocycles. The molecule has 0 aromatic rings. The Labute approximate surface area is 129 Å². The number of hydrogen-bond acceptors (Lipinski definition) is 5. The van der Waals surface area contributed by atoms with Gasteiger partial charge in [-0.15, -0.1) is 0 Å². The molecular formula is C14H22N4O4. The van der Waals surface area contributed by atoms with Crippen LogP contribution in [0.5, 0.6) is 0 Å². The Bertz CT molecular complexity index is 523. The summed E-state index contributed by atoms with van der Waals surface area (Å²) in [6.07, 6.45) is 0.659. The summed E-state index contributed by atoms with van der Waals surface area (Å²) >= 11 is 0. The van der Waals surface area contributed by atoms with E-state index in [2.05, 4.69) is 10.0 Å². The summed E-state index contributed by atoms with van der Waals surface area (Å²) < 4.78 is 10.5. The first-order valence-corrected chi connectivity index (χ1v) is 7.43. The lowest BCUT2D eigenvalue weighted by Gasteiger charge is -2.29. The minimum absolute atomic E-state index is 0.123. The van der Waals surface area contributed by atoms with Gasteiger partial charge < -0.3 is 9.47 Å². The van der Waals surface area contributed by atoms with Gasteiger partial charge in [0, 0.05) is 22.9 Å². The van der Waals surface area contributed by atoms with Crippen molar-refractivity contribution in [1.29, 1.82) is 0 Å². The van der Waals surface area contributed by atoms with Crippen molar-refractivity contribution in [3.63, 3.8) is 0 Å². The number of nitrogens with zero attached hydrogens (tertiary/aromatic N) is 4. The molecule has 1 aliphatic heterocycles. The Morgan fingerprint density at radius 2 is 2.09 bits per heavy atom. The first-order chi connectivity index (χ1) is 10.2. The highest BCUT2D eigenvalue weighted by Gasteiger charge is 2.67. The summed E-state index contributed by atoms with van der Waals surface area (Å²) in [6, 6.07) is -0.787. The summed E-state index contributed by atoms with van der Waals surface area (Å²) in [4.78, 5) is 28.8. The van der Waals surface area contributed by atoms with Crippen molar-refractivity contribution in [3.05, 3.63) is 10.4 Å².